The first-order valence-electron chi connectivity index (χ1n) is 9.80. The molecule has 4 aliphatic carbocycles. The largest absolute Gasteiger partial charge is 0.295 e. The van der Waals surface area contributed by atoms with Crippen molar-refractivity contribution in [3.8, 4) is 6.07 Å². The Kier molecular flexibility index (Phi) is 3.75. The molecule has 0 radical (unpaired) electrons. The second-order valence-electron chi connectivity index (χ2n) is 9.02. The maximum Gasteiger partial charge on any atom is 0.155 e. The number of carbonyl (C=O) groups excluding carboxylic acids is 1. The lowest BCUT2D eigenvalue weighted by Gasteiger charge is -2.56. The molecule has 0 heterocycles. The molecule has 0 spiro atoms. The van der Waals surface area contributed by atoms with Gasteiger partial charge in [0.25, 0.3) is 0 Å². The molecule has 0 aromatic heterocycles. The SMILES string of the molecule is C=C1C[C@H]2[C@@H]3[C@@H](CC)CC4=CC(=O)CC[C@@H]4[C@H]3CC[C@]2(C)[C@H]1C#N. The maximum absolute atomic E-state index is 11.9. The summed E-state index contributed by atoms with van der Waals surface area (Å²) >= 11 is 0. The quantitative estimate of drug-likeness (QED) is 0.632. The topological polar surface area (TPSA) is 40.9 Å². The fourth-order valence-corrected chi connectivity index (χ4v) is 7.00. The van der Waals surface area contributed by atoms with Crippen LogP contribution in [0.15, 0.2) is 23.8 Å². The minimum Gasteiger partial charge on any atom is -0.295 e. The number of allylic oxidation sites excluding steroid dienone is 2. The molecule has 7 atom stereocenters. The van der Waals surface area contributed by atoms with Crippen molar-refractivity contribution in [2.24, 2.45) is 40.9 Å². The first-order valence-corrected chi connectivity index (χ1v) is 9.80. The molecular formula is C22H29NO. The van der Waals surface area contributed by atoms with E-state index < -0.39 is 0 Å². The number of fused-ring (bicyclic) bond motifs is 5. The first kappa shape index (κ1) is 16.1. The fraction of sp³-hybridized carbons (Fsp3) is 0.727. The summed E-state index contributed by atoms with van der Waals surface area (Å²) < 4.78 is 0. The van der Waals surface area contributed by atoms with E-state index in [2.05, 4.69) is 26.5 Å². The van der Waals surface area contributed by atoms with Crippen LogP contribution < -0.4 is 0 Å². The number of hydrogen-bond donors (Lipinski definition) is 0. The molecule has 0 saturated heterocycles. The van der Waals surface area contributed by atoms with Gasteiger partial charge < -0.3 is 0 Å². The van der Waals surface area contributed by atoms with E-state index in [1.54, 1.807) is 0 Å². The van der Waals surface area contributed by atoms with E-state index in [4.69, 9.17) is 0 Å². The third-order valence-electron chi connectivity index (χ3n) is 8.11. The Morgan fingerprint density at radius 3 is 2.88 bits per heavy atom. The number of nitriles is 1. The van der Waals surface area contributed by atoms with Crippen LogP contribution in [-0.4, -0.2) is 5.78 Å². The van der Waals surface area contributed by atoms with Gasteiger partial charge in [-0.2, -0.15) is 5.26 Å². The van der Waals surface area contributed by atoms with Crippen molar-refractivity contribution in [1.29, 1.82) is 5.26 Å². The zero-order valence-electron chi connectivity index (χ0n) is 15.1. The molecule has 0 bridgehead atoms. The minimum absolute atomic E-state index is 0.0471. The minimum atomic E-state index is 0.0471. The van der Waals surface area contributed by atoms with Crippen LogP contribution >= 0.6 is 0 Å². The van der Waals surface area contributed by atoms with Gasteiger partial charge in [0.15, 0.2) is 5.78 Å². The lowest BCUT2D eigenvalue weighted by atomic mass is 9.48. The van der Waals surface area contributed by atoms with Crippen LogP contribution in [0.2, 0.25) is 0 Å². The van der Waals surface area contributed by atoms with Gasteiger partial charge in [0.2, 0.25) is 0 Å². The summed E-state index contributed by atoms with van der Waals surface area (Å²) in [6, 6.07) is 2.59. The molecule has 3 fully saturated rings. The fourth-order valence-electron chi connectivity index (χ4n) is 7.00. The van der Waals surface area contributed by atoms with Gasteiger partial charge in [-0.15, -0.1) is 0 Å². The summed E-state index contributed by atoms with van der Waals surface area (Å²) in [5.74, 6) is 3.77. The molecule has 3 saturated carbocycles. The number of rotatable bonds is 1. The maximum atomic E-state index is 11.9. The summed E-state index contributed by atoms with van der Waals surface area (Å²) in [6.45, 7) is 8.95. The second kappa shape index (κ2) is 5.58. The van der Waals surface area contributed by atoms with Crippen LogP contribution in [0, 0.1) is 52.3 Å². The third kappa shape index (κ3) is 2.10. The average molecular weight is 323 g/mol. The van der Waals surface area contributed by atoms with E-state index >= 15 is 0 Å². The van der Waals surface area contributed by atoms with Crippen LogP contribution in [0.1, 0.15) is 58.8 Å². The number of nitrogens with zero attached hydrogens (tertiary/aromatic N) is 1. The first-order chi connectivity index (χ1) is 11.5. The summed E-state index contributed by atoms with van der Waals surface area (Å²) in [5.41, 5.74) is 2.77. The van der Waals surface area contributed by atoms with Gasteiger partial charge in [0, 0.05) is 6.42 Å². The zero-order chi connectivity index (χ0) is 17.1. The van der Waals surface area contributed by atoms with Gasteiger partial charge in [0.05, 0.1) is 12.0 Å². The Balaban J connectivity index is 1.73. The molecule has 0 unspecified atom stereocenters. The van der Waals surface area contributed by atoms with Gasteiger partial charge >= 0.3 is 0 Å². The lowest BCUT2D eigenvalue weighted by molar-refractivity contribution is -0.116. The predicted molar refractivity (Wildman–Crippen MR) is 94.9 cm³/mol. The van der Waals surface area contributed by atoms with Crippen molar-refractivity contribution in [1.82, 2.24) is 0 Å². The number of carbonyl (C=O) groups is 1. The molecular weight excluding hydrogens is 294 g/mol. The molecule has 0 aliphatic heterocycles. The molecule has 2 heteroatoms. The van der Waals surface area contributed by atoms with Crippen LogP contribution in [-0.2, 0) is 4.79 Å². The molecule has 2 nitrogen and oxygen atoms in total. The van der Waals surface area contributed by atoms with Crippen LogP contribution in [0.4, 0.5) is 0 Å². The van der Waals surface area contributed by atoms with E-state index in [0.29, 0.717) is 23.5 Å². The van der Waals surface area contributed by atoms with Crippen molar-refractivity contribution in [2.75, 3.05) is 0 Å². The second-order valence-corrected chi connectivity index (χ2v) is 9.02. The van der Waals surface area contributed by atoms with Gasteiger partial charge in [-0.3, -0.25) is 4.79 Å². The summed E-state index contributed by atoms with van der Waals surface area (Å²) in [5, 5.41) is 9.72. The van der Waals surface area contributed by atoms with Gasteiger partial charge in [-0.05, 0) is 73.2 Å². The highest BCUT2D eigenvalue weighted by Gasteiger charge is 2.59. The summed E-state index contributed by atoms with van der Waals surface area (Å²) in [6.07, 6.45) is 9.54. The molecule has 0 aromatic rings. The Morgan fingerprint density at radius 1 is 1.38 bits per heavy atom. The van der Waals surface area contributed by atoms with Crippen LogP contribution in [0.3, 0.4) is 0 Å². The molecule has 0 N–H and O–H groups in total. The molecule has 0 amide bonds. The Hall–Kier alpha value is -1.36. The Bertz CT molecular complexity index is 653. The summed E-state index contributed by atoms with van der Waals surface area (Å²) in [4.78, 5) is 11.9. The van der Waals surface area contributed by atoms with Gasteiger partial charge in [0.1, 0.15) is 0 Å². The van der Waals surface area contributed by atoms with E-state index in [-0.39, 0.29) is 11.3 Å². The van der Waals surface area contributed by atoms with Crippen molar-refractivity contribution in [3.63, 3.8) is 0 Å². The monoisotopic (exact) mass is 323 g/mol. The lowest BCUT2D eigenvalue weighted by Crippen LogP contribution is -2.49. The molecule has 4 aliphatic rings. The van der Waals surface area contributed by atoms with Crippen molar-refractivity contribution < 1.29 is 4.79 Å². The third-order valence-corrected chi connectivity index (χ3v) is 8.11. The standard InChI is InChI=1S/C22H29NO/c1-4-14-10-15-11-16(24)5-6-17(15)18-7-8-22(3)19(21(14)18)9-13(2)20(22)12-23/h11,14,17-21H,2,4-10H2,1,3H3/t14-,17-,18+,19-,20-,21+,22-/m0/s1. The van der Waals surface area contributed by atoms with E-state index in [9.17, 15) is 10.1 Å². The van der Waals surface area contributed by atoms with E-state index in [1.807, 2.05) is 6.08 Å². The molecule has 128 valence electrons. The molecule has 0 aromatic carbocycles. The van der Waals surface area contributed by atoms with Crippen molar-refractivity contribution in [3.05, 3.63) is 23.8 Å². The van der Waals surface area contributed by atoms with Gasteiger partial charge in [-0.1, -0.05) is 38.0 Å². The highest BCUT2D eigenvalue weighted by Crippen LogP contribution is 2.66. The normalized spacial score (nSPS) is 47.3. The van der Waals surface area contributed by atoms with Crippen molar-refractivity contribution in [2.45, 2.75) is 58.8 Å². The highest BCUT2D eigenvalue weighted by molar-refractivity contribution is 5.91. The summed E-state index contributed by atoms with van der Waals surface area (Å²) in [7, 11) is 0. The Morgan fingerprint density at radius 2 is 2.17 bits per heavy atom. The van der Waals surface area contributed by atoms with Crippen molar-refractivity contribution >= 4 is 5.78 Å². The smallest absolute Gasteiger partial charge is 0.155 e. The Labute approximate surface area is 146 Å². The molecule has 4 rings (SSSR count). The van der Waals surface area contributed by atoms with Crippen LogP contribution in [0.25, 0.3) is 0 Å². The van der Waals surface area contributed by atoms with E-state index in [1.165, 1.54) is 24.0 Å². The zero-order valence-corrected chi connectivity index (χ0v) is 15.1. The molecule has 24 heavy (non-hydrogen) atoms. The average Bonchev–Trinajstić information content (AvgIpc) is 2.83. The van der Waals surface area contributed by atoms with E-state index in [0.717, 1.165) is 43.9 Å². The highest BCUT2D eigenvalue weighted by atomic mass is 16.1. The van der Waals surface area contributed by atoms with Gasteiger partial charge in [-0.25, -0.2) is 0 Å². The number of ketones is 1. The van der Waals surface area contributed by atoms with Crippen LogP contribution in [0.5, 0.6) is 0 Å². The predicted octanol–water partition coefficient (Wildman–Crippen LogP) is 5.07. The number of hydrogen-bond acceptors (Lipinski definition) is 2.